The Balaban J connectivity index is 1.34. The summed E-state index contributed by atoms with van der Waals surface area (Å²) in [6, 6.07) is 6.74. The van der Waals surface area contributed by atoms with Gasteiger partial charge in [-0.3, -0.25) is 9.69 Å². The van der Waals surface area contributed by atoms with E-state index in [0.29, 0.717) is 18.8 Å². The summed E-state index contributed by atoms with van der Waals surface area (Å²) in [4.78, 5) is 32.5. The van der Waals surface area contributed by atoms with Crippen molar-refractivity contribution in [2.24, 2.45) is 0 Å². The van der Waals surface area contributed by atoms with Crippen molar-refractivity contribution in [3.05, 3.63) is 41.7 Å². The lowest BCUT2D eigenvalue weighted by Gasteiger charge is -2.34. The molecule has 0 atom stereocenters. The monoisotopic (exact) mass is 424 g/mol. The third-order valence-electron chi connectivity index (χ3n) is 6.27. The summed E-state index contributed by atoms with van der Waals surface area (Å²) in [5.74, 6) is -0.0929. The number of amides is 2. The Kier molecular flexibility index (Phi) is 6.27. The van der Waals surface area contributed by atoms with Crippen LogP contribution in [0.5, 0.6) is 0 Å². The SMILES string of the molecule is CC(=O)N(C)c1cnn(C(=O)N2CCN(Cc3cc(C)cc(N4CCCC4)c3)CC2)c1. The molecule has 2 amide bonds. The number of benzene rings is 1. The van der Waals surface area contributed by atoms with Crippen LogP contribution in [0.4, 0.5) is 16.2 Å². The Labute approximate surface area is 184 Å². The Morgan fingerprint density at radius 2 is 1.74 bits per heavy atom. The van der Waals surface area contributed by atoms with E-state index in [2.05, 4.69) is 40.0 Å². The van der Waals surface area contributed by atoms with Crippen molar-refractivity contribution < 1.29 is 9.59 Å². The number of piperazine rings is 1. The van der Waals surface area contributed by atoms with E-state index in [0.717, 1.165) is 32.7 Å². The molecule has 2 aliphatic heterocycles. The van der Waals surface area contributed by atoms with Crippen molar-refractivity contribution in [3.8, 4) is 0 Å². The number of nitrogens with zero attached hydrogens (tertiary/aromatic N) is 6. The first-order valence-corrected chi connectivity index (χ1v) is 11.1. The molecule has 8 heteroatoms. The number of carbonyl (C=O) groups is 2. The van der Waals surface area contributed by atoms with Crippen molar-refractivity contribution in [2.45, 2.75) is 33.2 Å². The van der Waals surface area contributed by atoms with Gasteiger partial charge in [-0.2, -0.15) is 9.78 Å². The van der Waals surface area contributed by atoms with Crippen LogP contribution in [0, 0.1) is 6.92 Å². The molecule has 1 aromatic heterocycles. The van der Waals surface area contributed by atoms with Crippen molar-refractivity contribution in [2.75, 3.05) is 56.1 Å². The van der Waals surface area contributed by atoms with Gasteiger partial charge in [0.25, 0.3) is 0 Å². The predicted octanol–water partition coefficient (Wildman–Crippen LogP) is 2.56. The molecule has 0 spiro atoms. The molecule has 3 heterocycles. The summed E-state index contributed by atoms with van der Waals surface area (Å²) in [5, 5.41) is 4.15. The Bertz CT molecular complexity index is 941. The normalized spacial score (nSPS) is 17.3. The molecular formula is C23H32N6O2. The highest BCUT2D eigenvalue weighted by atomic mass is 16.2. The van der Waals surface area contributed by atoms with Crippen LogP contribution in [0.25, 0.3) is 0 Å². The molecule has 2 fully saturated rings. The van der Waals surface area contributed by atoms with Gasteiger partial charge in [0.15, 0.2) is 0 Å². The van der Waals surface area contributed by atoms with Crippen molar-refractivity contribution >= 4 is 23.3 Å². The van der Waals surface area contributed by atoms with Crippen LogP contribution in [-0.4, -0.2) is 77.8 Å². The van der Waals surface area contributed by atoms with Crippen LogP contribution in [0.2, 0.25) is 0 Å². The second-order valence-corrected chi connectivity index (χ2v) is 8.64. The van der Waals surface area contributed by atoms with Gasteiger partial charge >= 0.3 is 6.03 Å². The maximum atomic E-state index is 12.8. The molecule has 4 rings (SSSR count). The summed E-state index contributed by atoms with van der Waals surface area (Å²) < 4.78 is 1.33. The summed E-state index contributed by atoms with van der Waals surface area (Å²) in [6.45, 7) is 9.87. The highest BCUT2D eigenvalue weighted by molar-refractivity contribution is 5.91. The lowest BCUT2D eigenvalue weighted by molar-refractivity contribution is -0.116. The minimum absolute atomic E-state index is 0.0929. The zero-order valence-electron chi connectivity index (χ0n) is 18.8. The number of aryl methyl sites for hydroxylation is 1. The molecule has 0 bridgehead atoms. The molecule has 2 aromatic rings. The Morgan fingerprint density at radius 1 is 1.03 bits per heavy atom. The van der Waals surface area contributed by atoms with Crippen LogP contribution >= 0.6 is 0 Å². The van der Waals surface area contributed by atoms with Gasteiger partial charge in [0.2, 0.25) is 5.91 Å². The topological polar surface area (TPSA) is 64.9 Å². The van der Waals surface area contributed by atoms with Gasteiger partial charge < -0.3 is 14.7 Å². The summed E-state index contributed by atoms with van der Waals surface area (Å²) in [6.07, 6.45) is 5.72. The van der Waals surface area contributed by atoms with E-state index in [1.807, 2.05) is 4.90 Å². The first-order valence-electron chi connectivity index (χ1n) is 11.1. The van der Waals surface area contributed by atoms with Crippen LogP contribution in [0.1, 0.15) is 30.9 Å². The molecule has 166 valence electrons. The lowest BCUT2D eigenvalue weighted by atomic mass is 10.1. The third kappa shape index (κ3) is 4.90. The fourth-order valence-corrected chi connectivity index (χ4v) is 4.36. The van der Waals surface area contributed by atoms with Crippen LogP contribution < -0.4 is 9.80 Å². The minimum Gasteiger partial charge on any atom is -0.372 e. The van der Waals surface area contributed by atoms with Crippen LogP contribution in [0.15, 0.2) is 30.6 Å². The lowest BCUT2D eigenvalue weighted by Crippen LogP contribution is -2.49. The third-order valence-corrected chi connectivity index (χ3v) is 6.27. The Hall–Kier alpha value is -2.87. The molecule has 1 aromatic carbocycles. The van der Waals surface area contributed by atoms with Crippen LogP contribution in [0.3, 0.4) is 0 Å². The quantitative estimate of drug-likeness (QED) is 0.755. The number of hydrogen-bond donors (Lipinski definition) is 0. The van der Waals surface area contributed by atoms with E-state index in [1.54, 1.807) is 19.4 Å². The van der Waals surface area contributed by atoms with Gasteiger partial charge in [-0.25, -0.2) is 4.79 Å². The predicted molar refractivity (Wildman–Crippen MR) is 122 cm³/mol. The number of carbonyl (C=O) groups excluding carboxylic acids is 2. The maximum absolute atomic E-state index is 12.8. The standard InChI is InChI=1S/C23H32N6O2/c1-18-12-20(14-21(13-18)27-6-4-5-7-27)16-26-8-10-28(11-9-26)23(31)29-17-22(15-24-29)25(3)19(2)30/h12-15,17H,4-11,16H2,1-3H3. The van der Waals surface area contributed by atoms with E-state index >= 15 is 0 Å². The van der Waals surface area contributed by atoms with E-state index in [-0.39, 0.29) is 11.9 Å². The molecular weight excluding hydrogens is 392 g/mol. The van der Waals surface area contributed by atoms with E-state index in [4.69, 9.17) is 0 Å². The fraction of sp³-hybridized carbons (Fsp3) is 0.522. The number of rotatable bonds is 4. The molecule has 2 aliphatic rings. The Morgan fingerprint density at radius 3 is 2.42 bits per heavy atom. The van der Waals surface area contributed by atoms with Gasteiger partial charge in [0, 0.05) is 65.5 Å². The zero-order valence-corrected chi connectivity index (χ0v) is 18.8. The first-order chi connectivity index (χ1) is 14.9. The number of anilines is 2. The average molecular weight is 425 g/mol. The van der Waals surface area contributed by atoms with E-state index in [1.165, 1.54) is 46.2 Å². The first kappa shape index (κ1) is 21.4. The number of hydrogen-bond acceptors (Lipinski definition) is 5. The second-order valence-electron chi connectivity index (χ2n) is 8.64. The van der Waals surface area contributed by atoms with Gasteiger partial charge in [-0.05, 0) is 43.0 Å². The minimum atomic E-state index is -0.144. The highest BCUT2D eigenvalue weighted by Gasteiger charge is 2.24. The van der Waals surface area contributed by atoms with Crippen molar-refractivity contribution in [1.29, 1.82) is 0 Å². The molecule has 0 unspecified atom stereocenters. The van der Waals surface area contributed by atoms with Crippen molar-refractivity contribution in [3.63, 3.8) is 0 Å². The van der Waals surface area contributed by atoms with E-state index < -0.39 is 0 Å². The van der Waals surface area contributed by atoms with Gasteiger partial charge in [-0.15, -0.1) is 0 Å². The molecule has 0 N–H and O–H groups in total. The summed E-state index contributed by atoms with van der Waals surface area (Å²) in [5.41, 5.74) is 4.60. The molecule has 0 saturated carbocycles. The molecule has 0 aliphatic carbocycles. The maximum Gasteiger partial charge on any atom is 0.344 e. The summed E-state index contributed by atoms with van der Waals surface area (Å²) >= 11 is 0. The smallest absolute Gasteiger partial charge is 0.344 e. The van der Waals surface area contributed by atoms with Gasteiger partial charge in [0.05, 0.1) is 18.1 Å². The largest absolute Gasteiger partial charge is 0.372 e. The summed E-state index contributed by atoms with van der Waals surface area (Å²) in [7, 11) is 1.67. The second kappa shape index (κ2) is 9.09. The van der Waals surface area contributed by atoms with Crippen LogP contribution in [-0.2, 0) is 11.3 Å². The fourth-order valence-electron chi connectivity index (χ4n) is 4.36. The molecule has 0 radical (unpaired) electrons. The van der Waals surface area contributed by atoms with Crippen molar-refractivity contribution in [1.82, 2.24) is 19.6 Å². The number of aromatic nitrogens is 2. The zero-order chi connectivity index (χ0) is 22.0. The van der Waals surface area contributed by atoms with Gasteiger partial charge in [-0.1, -0.05) is 6.07 Å². The molecule has 31 heavy (non-hydrogen) atoms. The highest BCUT2D eigenvalue weighted by Crippen LogP contribution is 2.24. The molecule has 2 saturated heterocycles. The molecule has 8 nitrogen and oxygen atoms in total. The van der Waals surface area contributed by atoms with Gasteiger partial charge in [0.1, 0.15) is 0 Å². The van der Waals surface area contributed by atoms with E-state index in [9.17, 15) is 9.59 Å². The average Bonchev–Trinajstić information content (AvgIpc) is 3.45.